The summed E-state index contributed by atoms with van der Waals surface area (Å²) in [4.78, 5) is 14.2. The summed E-state index contributed by atoms with van der Waals surface area (Å²) in [6.45, 7) is 8.39. The highest BCUT2D eigenvalue weighted by Gasteiger charge is 2.09. The smallest absolute Gasteiger partial charge is 0.222 e. The molecule has 0 aliphatic heterocycles. The number of hydrogen-bond donors (Lipinski definition) is 0. The fourth-order valence-corrected chi connectivity index (χ4v) is 3.61. The standard InChI is InChI=1S/C24H49NO/c1-4-7-9-10-11-12-13-14-15-16-17-18-19-20-21-22-24(26)25(6-3)23-8-5-2/h4-23H2,1-3H3. The number of amides is 1. The van der Waals surface area contributed by atoms with Crippen molar-refractivity contribution in [2.75, 3.05) is 13.1 Å². The third kappa shape index (κ3) is 16.9. The topological polar surface area (TPSA) is 20.3 Å². The molecule has 2 heteroatoms. The van der Waals surface area contributed by atoms with Crippen LogP contribution in [0.5, 0.6) is 0 Å². The van der Waals surface area contributed by atoms with Gasteiger partial charge < -0.3 is 4.90 Å². The normalized spacial score (nSPS) is 11.0. The van der Waals surface area contributed by atoms with Crippen LogP contribution >= 0.6 is 0 Å². The molecule has 0 saturated carbocycles. The molecule has 156 valence electrons. The molecule has 0 fully saturated rings. The molecule has 0 aliphatic carbocycles. The van der Waals surface area contributed by atoms with E-state index in [9.17, 15) is 4.79 Å². The summed E-state index contributed by atoms with van der Waals surface area (Å²) < 4.78 is 0. The Morgan fingerprint density at radius 3 is 1.31 bits per heavy atom. The van der Waals surface area contributed by atoms with Crippen LogP contribution in [-0.4, -0.2) is 23.9 Å². The van der Waals surface area contributed by atoms with E-state index in [0.717, 1.165) is 32.4 Å². The largest absolute Gasteiger partial charge is 0.343 e. The molecule has 0 aromatic carbocycles. The van der Waals surface area contributed by atoms with Gasteiger partial charge in [-0.1, -0.05) is 110 Å². The number of unbranched alkanes of at least 4 members (excludes halogenated alkanes) is 15. The Bertz CT molecular complexity index is 290. The molecule has 0 unspecified atom stereocenters. The molecular weight excluding hydrogens is 318 g/mol. The Morgan fingerprint density at radius 1 is 0.538 bits per heavy atom. The van der Waals surface area contributed by atoms with Crippen molar-refractivity contribution in [1.29, 1.82) is 0 Å². The lowest BCUT2D eigenvalue weighted by Gasteiger charge is -2.20. The monoisotopic (exact) mass is 367 g/mol. The molecule has 0 heterocycles. The van der Waals surface area contributed by atoms with Crippen LogP contribution < -0.4 is 0 Å². The van der Waals surface area contributed by atoms with Gasteiger partial charge >= 0.3 is 0 Å². The van der Waals surface area contributed by atoms with Gasteiger partial charge in [-0.3, -0.25) is 4.79 Å². The average molecular weight is 368 g/mol. The fraction of sp³-hybridized carbons (Fsp3) is 0.958. The molecule has 0 N–H and O–H groups in total. The summed E-state index contributed by atoms with van der Waals surface area (Å²) >= 11 is 0. The highest BCUT2D eigenvalue weighted by atomic mass is 16.2. The van der Waals surface area contributed by atoms with Crippen molar-refractivity contribution in [2.45, 2.75) is 136 Å². The number of hydrogen-bond acceptors (Lipinski definition) is 1. The maximum Gasteiger partial charge on any atom is 0.222 e. The van der Waals surface area contributed by atoms with Gasteiger partial charge in [0.25, 0.3) is 0 Å². The van der Waals surface area contributed by atoms with Crippen molar-refractivity contribution in [3.05, 3.63) is 0 Å². The van der Waals surface area contributed by atoms with Crippen LogP contribution in [0.4, 0.5) is 0 Å². The summed E-state index contributed by atoms with van der Waals surface area (Å²) in [7, 11) is 0. The van der Waals surface area contributed by atoms with E-state index in [4.69, 9.17) is 0 Å². The van der Waals surface area contributed by atoms with Crippen LogP contribution in [0.3, 0.4) is 0 Å². The lowest BCUT2D eigenvalue weighted by Crippen LogP contribution is -2.31. The molecule has 0 saturated heterocycles. The summed E-state index contributed by atoms with van der Waals surface area (Å²) in [5.41, 5.74) is 0. The van der Waals surface area contributed by atoms with Gasteiger partial charge in [0.05, 0.1) is 0 Å². The summed E-state index contributed by atoms with van der Waals surface area (Å²) in [6.07, 6.45) is 23.7. The zero-order valence-electron chi connectivity index (χ0n) is 18.5. The van der Waals surface area contributed by atoms with Crippen molar-refractivity contribution in [3.8, 4) is 0 Å². The molecular formula is C24H49NO. The molecule has 1 amide bonds. The second-order valence-electron chi connectivity index (χ2n) is 8.03. The highest BCUT2D eigenvalue weighted by Crippen LogP contribution is 2.14. The van der Waals surface area contributed by atoms with Gasteiger partial charge in [-0.15, -0.1) is 0 Å². The van der Waals surface area contributed by atoms with Crippen LogP contribution in [0.1, 0.15) is 136 Å². The van der Waals surface area contributed by atoms with Crippen molar-refractivity contribution in [3.63, 3.8) is 0 Å². The van der Waals surface area contributed by atoms with Crippen molar-refractivity contribution in [2.24, 2.45) is 0 Å². The van der Waals surface area contributed by atoms with Crippen molar-refractivity contribution < 1.29 is 4.79 Å². The summed E-state index contributed by atoms with van der Waals surface area (Å²) in [6, 6.07) is 0. The minimum atomic E-state index is 0.371. The first kappa shape index (κ1) is 25.5. The number of carbonyl (C=O) groups is 1. The van der Waals surface area contributed by atoms with Crippen LogP contribution in [0.15, 0.2) is 0 Å². The predicted molar refractivity (Wildman–Crippen MR) is 117 cm³/mol. The molecule has 0 bridgehead atoms. The number of rotatable bonds is 20. The fourth-order valence-electron chi connectivity index (χ4n) is 3.61. The summed E-state index contributed by atoms with van der Waals surface area (Å²) in [5.74, 6) is 0.371. The molecule has 0 radical (unpaired) electrons. The van der Waals surface area contributed by atoms with E-state index in [1.54, 1.807) is 0 Å². The van der Waals surface area contributed by atoms with E-state index in [1.165, 1.54) is 96.3 Å². The Morgan fingerprint density at radius 2 is 0.923 bits per heavy atom. The van der Waals surface area contributed by atoms with Crippen LogP contribution in [0, 0.1) is 0 Å². The predicted octanol–water partition coefficient (Wildman–Crippen LogP) is 7.90. The molecule has 0 aliphatic rings. The molecule has 0 aromatic heterocycles. The molecule has 2 nitrogen and oxygen atoms in total. The quantitative estimate of drug-likeness (QED) is 0.200. The Hall–Kier alpha value is -0.530. The third-order valence-electron chi connectivity index (χ3n) is 5.51. The molecule has 26 heavy (non-hydrogen) atoms. The number of carbonyl (C=O) groups excluding carboxylic acids is 1. The summed E-state index contributed by atoms with van der Waals surface area (Å²) in [5, 5.41) is 0. The first-order valence-electron chi connectivity index (χ1n) is 12.0. The van der Waals surface area contributed by atoms with Gasteiger partial charge in [0.1, 0.15) is 0 Å². The van der Waals surface area contributed by atoms with Crippen molar-refractivity contribution >= 4 is 5.91 Å². The average Bonchev–Trinajstić information content (AvgIpc) is 2.65. The first-order chi connectivity index (χ1) is 12.8. The van der Waals surface area contributed by atoms with Crippen LogP contribution in [0.2, 0.25) is 0 Å². The van der Waals surface area contributed by atoms with Crippen LogP contribution in [-0.2, 0) is 4.79 Å². The SMILES string of the molecule is CCCCCCCCCCCCCCCCCC(=O)N(CC)CCCC. The lowest BCUT2D eigenvalue weighted by atomic mass is 10.0. The lowest BCUT2D eigenvalue weighted by molar-refractivity contribution is -0.131. The Balaban J connectivity index is 3.27. The Labute approximate surface area is 165 Å². The van der Waals surface area contributed by atoms with Gasteiger partial charge in [-0.2, -0.15) is 0 Å². The first-order valence-corrected chi connectivity index (χ1v) is 12.0. The highest BCUT2D eigenvalue weighted by molar-refractivity contribution is 5.76. The van der Waals surface area contributed by atoms with E-state index in [0.29, 0.717) is 5.91 Å². The van der Waals surface area contributed by atoms with Crippen LogP contribution in [0.25, 0.3) is 0 Å². The molecule has 0 aromatic rings. The number of nitrogens with zero attached hydrogens (tertiary/aromatic N) is 1. The third-order valence-corrected chi connectivity index (χ3v) is 5.51. The van der Waals surface area contributed by atoms with Gasteiger partial charge in [0, 0.05) is 19.5 Å². The van der Waals surface area contributed by atoms with E-state index in [-0.39, 0.29) is 0 Å². The van der Waals surface area contributed by atoms with E-state index < -0.39 is 0 Å². The zero-order chi connectivity index (χ0) is 19.3. The maximum absolute atomic E-state index is 12.1. The van der Waals surface area contributed by atoms with E-state index in [2.05, 4.69) is 20.8 Å². The van der Waals surface area contributed by atoms with Crippen molar-refractivity contribution in [1.82, 2.24) is 4.90 Å². The zero-order valence-corrected chi connectivity index (χ0v) is 18.5. The Kier molecular flexibility index (Phi) is 20.4. The van der Waals surface area contributed by atoms with Gasteiger partial charge in [0.2, 0.25) is 5.91 Å². The maximum atomic E-state index is 12.1. The van der Waals surface area contributed by atoms with Gasteiger partial charge in [-0.25, -0.2) is 0 Å². The second kappa shape index (κ2) is 20.8. The van der Waals surface area contributed by atoms with Gasteiger partial charge in [0.15, 0.2) is 0 Å². The minimum absolute atomic E-state index is 0.371. The molecule has 0 spiro atoms. The minimum Gasteiger partial charge on any atom is -0.343 e. The second-order valence-corrected chi connectivity index (χ2v) is 8.03. The molecule has 0 atom stereocenters. The van der Waals surface area contributed by atoms with E-state index in [1.807, 2.05) is 4.90 Å². The van der Waals surface area contributed by atoms with E-state index >= 15 is 0 Å². The van der Waals surface area contributed by atoms with Gasteiger partial charge in [-0.05, 0) is 19.8 Å². The molecule has 0 rings (SSSR count).